The highest BCUT2D eigenvalue weighted by atomic mass is 16.5. The molecule has 4 aliphatic rings. The monoisotopic (exact) mass is 432 g/mol. The normalized spacial score (nSPS) is 45.0. The third-order valence-corrected chi connectivity index (χ3v) is 10.5. The van der Waals surface area contributed by atoms with E-state index in [9.17, 15) is 20.1 Å². The molecular weight excluding hydrogens is 388 g/mol. The van der Waals surface area contributed by atoms with Gasteiger partial charge in [0.25, 0.3) is 0 Å². The molecule has 0 aromatic carbocycles. The van der Waals surface area contributed by atoms with Crippen LogP contribution in [0, 0.1) is 46.3 Å². The van der Waals surface area contributed by atoms with Crippen LogP contribution < -0.4 is 0 Å². The van der Waals surface area contributed by atoms with Crippen LogP contribution >= 0.6 is 0 Å². The molecule has 0 aliphatic heterocycles. The molecule has 0 aromatic rings. The molecule has 4 aliphatic carbocycles. The second-order valence-corrected chi connectivity index (χ2v) is 12.3. The lowest BCUT2D eigenvalue weighted by Crippen LogP contribution is -2.66. The summed E-state index contributed by atoms with van der Waals surface area (Å²) in [7, 11) is 0. The van der Waals surface area contributed by atoms with Gasteiger partial charge in [0.05, 0.1) is 5.41 Å². The number of ketones is 1. The molecule has 0 saturated heterocycles. The molecule has 0 unspecified atom stereocenters. The summed E-state index contributed by atoms with van der Waals surface area (Å²) >= 11 is 0. The topological polar surface area (TPSA) is 77.8 Å². The lowest BCUT2D eigenvalue weighted by Gasteiger charge is -2.60. The number of carbonyl (C=O) groups excluding carboxylic acids is 1. The van der Waals surface area contributed by atoms with Crippen molar-refractivity contribution in [2.75, 3.05) is 0 Å². The molecule has 4 rings (SSSR count). The van der Waals surface area contributed by atoms with Gasteiger partial charge in [-0.25, -0.2) is 0 Å². The molecular formula is C27H44O4. The Balaban J connectivity index is 1.58. The largest absolute Gasteiger partial charge is 0.385 e. The number of aliphatic hydroxyl groups excluding tert-OH is 1. The SMILES string of the molecule is CC(C)CCC[C@@H](C)[C@H]1CC[C@H]2[C@@H]3CC=C4C[C@H](O)C(=O)C(O)(O)[C@]4(C)[C@H]3CC[C@]12C. The van der Waals surface area contributed by atoms with Crippen LogP contribution in [0.15, 0.2) is 11.6 Å². The lowest BCUT2D eigenvalue weighted by molar-refractivity contribution is -0.257. The van der Waals surface area contributed by atoms with Crippen LogP contribution in [0.3, 0.4) is 0 Å². The van der Waals surface area contributed by atoms with E-state index < -0.39 is 23.1 Å². The van der Waals surface area contributed by atoms with Gasteiger partial charge in [0, 0.05) is 6.42 Å². The first-order valence-electron chi connectivity index (χ1n) is 12.8. The fourth-order valence-corrected chi connectivity index (χ4v) is 8.65. The quantitative estimate of drug-likeness (QED) is 0.428. The molecule has 0 amide bonds. The van der Waals surface area contributed by atoms with Crippen molar-refractivity contribution in [1.82, 2.24) is 0 Å². The summed E-state index contributed by atoms with van der Waals surface area (Å²) in [6.07, 6.45) is 10.5. The summed E-state index contributed by atoms with van der Waals surface area (Å²) in [6, 6.07) is 0. The second-order valence-electron chi connectivity index (χ2n) is 12.3. The van der Waals surface area contributed by atoms with Gasteiger partial charge in [-0.05, 0) is 80.0 Å². The van der Waals surface area contributed by atoms with Gasteiger partial charge < -0.3 is 15.3 Å². The zero-order valence-corrected chi connectivity index (χ0v) is 20.2. The van der Waals surface area contributed by atoms with Gasteiger partial charge in [-0.3, -0.25) is 4.79 Å². The van der Waals surface area contributed by atoms with Crippen LogP contribution in [-0.2, 0) is 4.79 Å². The molecule has 0 spiro atoms. The first-order valence-corrected chi connectivity index (χ1v) is 12.8. The van der Waals surface area contributed by atoms with Crippen molar-refractivity contribution in [3.8, 4) is 0 Å². The predicted molar refractivity (Wildman–Crippen MR) is 122 cm³/mol. The Kier molecular flexibility index (Phi) is 6.02. The molecule has 0 bridgehead atoms. The summed E-state index contributed by atoms with van der Waals surface area (Å²) in [6.45, 7) is 11.5. The number of hydrogen-bond acceptors (Lipinski definition) is 4. The molecule has 4 nitrogen and oxygen atoms in total. The van der Waals surface area contributed by atoms with Gasteiger partial charge in [0.2, 0.25) is 11.6 Å². The predicted octanol–water partition coefficient (Wildman–Crippen LogP) is 4.86. The van der Waals surface area contributed by atoms with E-state index in [-0.39, 0.29) is 12.3 Å². The van der Waals surface area contributed by atoms with Crippen molar-refractivity contribution >= 4 is 5.78 Å². The smallest absolute Gasteiger partial charge is 0.236 e. The van der Waals surface area contributed by atoms with Crippen molar-refractivity contribution < 1.29 is 20.1 Å². The third kappa shape index (κ3) is 3.38. The molecule has 3 saturated carbocycles. The Labute approximate surface area is 188 Å². The fourth-order valence-electron chi connectivity index (χ4n) is 8.65. The van der Waals surface area contributed by atoms with Crippen LogP contribution in [0.4, 0.5) is 0 Å². The van der Waals surface area contributed by atoms with E-state index in [1.807, 2.05) is 6.92 Å². The Morgan fingerprint density at radius 2 is 1.77 bits per heavy atom. The molecule has 3 fully saturated rings. The van der Waals surface area contributed by atoms with Gasteiger partial charge in [0.1, 0.15) is 6.10 Å². The summed E-state index contributed by atoms with van der Waals surface area (Å²) in [4.78, 5) is 12.6. The third-order valence-electron chi connectivity index (χ3n) is 10.5. The molecule has 0 heterocycles. The van der Waals surface area contributed by atoms with Gasteiger partial charge in [0.15, 0.2) is 0 Å². The molecule has 31 heavy (non-hydrogen) atoms. The maximum Gasteiger partial charge on any atom is 0.236 e. The van der Waals surface area contributed by atoms with Gasteiger partial charge in [-0.2, -0.15) is 0 Å². The number of fused-ring (bicyclic) bond motifs is 5. The number of allylic oxidation sites excluding steroid dienone is 1. The van der Waals surface area contributed by atoms with E-state index in [4.69, 9.17) is 0 Å². The fraction of sp³-hybridized carbons (Fsp3) is 0.889. The van der Waals surface area contributed by atoms with E-state index in [1.54, 1.807) is 0 Å². The number of rotatable bonds is 5. The number of Topliss-reactive ketones (excluding diaryl/α,β-unsaturated/α-hetero) is 1. The molecule has 3 N–H and O–H groups in total. The zero-order valence-electron chi connectivity index (χ0n) is 20.2. The van der Waals surface area contributed by atoms with E-state index >= 15 is 0 Å². The van der Waals surface area contributed by atoms with E-state index in [1.165, 1.54) is 32.1 Å². The maximum absolute atomic E-state index is 12.6. The Morgan fingerprint density at radius 3 is 2.45 bits per heavy atom. The van der Waals surface area contributed by atoms with Crippen molar-refractivity contribution in [2.24, 2.45) is 46.3 Å². The van der Waals surface area contributed by atoms with Gasteiger partial charge in [-0.1, -0.05) is 58.6 Å². The lowest BCUT2D eigenvalue weighted by atomic mass is 9.45. The summed E-state index contributed by atoms with van der Waals surface area (Å²) in [5.74, 6) is 0.0146. The van der Waals surface area contributed by atoms with Crippen molar-refractivity contribution in [3.63, 3.8) is 0 Å². The van der Waals surface area contributed by atoms with Crippen molar-refractivity contribution in [3.05, 3.63) is 11.6 Å². The van der Waals surface area contributed by atoms with Crippen LogP contribution in [0.25, 0.3) is 0 Å². The molecule has 0 radical (unpaired) electrons. The van der Waals surface area contributed by atoms with Crippen molar-refractivity contribution in [1.29, 1.82) is 0 Å². The first kappa shape index (κ1) is 23.4. The maximum atomic E-state index is 12.6. The Bertz CT molecular complexity index is 740. The Hall–Kier alpha value is -0.710. The minimum Gasteiger partial charge on any atom is -0.385 e. The Morgan fingerprint density at radius 1 is 1.06 bits per heavy atom. The standard InChI is InChI=1S/C27H44O4/c1-16(2)7-6-8-17(3)20-11-12-21-19-10-9-18-15-23(28)24(29)27(30,31)26(18,5)22(19)13-14-25(20,21)4/h9,16-17,19-23,28,30-31H,6-8,10-15H2,1-5H3/t17-,19+,20-,21+,22+,23+,25-,26+/m1/s1. The first-order chi connectivity index (χ1) is 14.4. The van der Waals surface area contributed by atoms with Crippen LogP contribution in [0.1, 0.15) is 92.4 Å². The average Bonchev–Trinajstić information content (AvgIpc) is 3.05. The average molecular weight is 433 g/mol. The number of aliphatic hydroxyl groups is 3. The van der Waals surface area contributed by atoms with E-state index in [0.717, 1.165) is 42.6 Å². The van der Waals surface area contributed by atoms with E-state index in [0.29, 0.717) is 17.3 Å². The molecule has 0 aromatic heterocycles. The number of hydrogen-bond donors (Lipinski definition) is 3. The molecule has 8 atom stereocenters. The van der Waals surface area contributed by atoms with Crippen LogP contribution in [0.2, 0.25) is 0 Å². The highest BCUT2D eigenvalue weighted by molar-refractivity contribution is 5.92. The summed E-state index contributed by atoms with van der Waals surface area (Å²) in [5.41, 5.74) is 0.214. The van der Waals surface area contributed by atoms with Gasteiger partial charge in [-0.15, -0.1) is 0 Å². The minimum absolute atomic E-state index is 0.0898. The van der Waals surface area contributed by atoms with E-state index in [2.05, 4.69) is 33.8 Å². The number of carbonyl (C=O) groups is 1. The molecule has 4 heteroatoms. The highest BCUT2D eigenvalue weighted by Gasteiger charge is 2.67. The van der Waals surface area contributed by atoms with Crippen LogP contribution in [-0.4, -0.2) is 33.0 Å². The molecule has 176 valence electrons. The summed E-state index contributed by atoms with van der Waals surface area (Å²) < 4.78 is 0. The highest BCUT2D eigenvalue weighted by Crippen LogP contribution is 2.68. The van der Waals surface area contributed by atoms with Gasteiger partial charge >= 0.3 is 0 Å². The van der Waals surface area contributed by atoms with Crippen molar-refractivity contribution in [2.45, 2.75) is 104 Å². The minimum atomic E-state index is -2.48. The van der Waals surface area contributed by atoms with Crippen LogP contribution in [0.5, 0.6) is 0 Å². The second kappa shape index (κ2) is 7.95. The zero-order chi connectivity index (χ0) is 22.8. The summed E-state index contributed by atoms with van der Waals surface area (Å²) in [5, 5.41) is 32.1.